The van der Waals surface area contributed by atoms with Crippen molar-refractivity contribution in [2.24, 2.45) is 0 Å². The van der Waals surface area contributed by atoms with Crippen molar-refractivity contribution in [2.75, 3.05) is 7.11 Å². The molecule has 0 saturated heterocycles. The number of carbonyl (C=O) groups excluding carboxylic acids is 1. The summed E-state index contributed by atoms with van der Waals surface area (Å²) in [6.45, 7) is 1.72. The minimum Gasteiger partial charge on any atom is -0.497 e. The topological polar surface area (TPSA) is 80.5 Å². The Hall–Kier alpha value is -3.63. The summed E-state index contributed by atoms with van der Waals surface area (Å²) < 4.78 is 35.1. The number of hydrogen-bond donors (Lipinski definition) is 1. The second kappa shape index (κ2) is 8.86. The lowest BCUT2D eigenvalue weighted by Gasteiger charge is -2.39. The van der Waals surface area contributed by atoms with Crippen LogP contribution in [0.3, 0.4) is 0 Å². The zero-order chi connectivity index (χ0) is 24.7. The molecule has 0 spiro atoms. The van der Waals surface area contributed by atoms with E-state index in [-0.39, 0.29) is 24.6 Å². The molecule has 2 aromatic carbocycles. The molecule has 4 aromatic rings. The Morgan fingerprint density at radius 1 is 1.23 bits per heavy atom. The number of nitrogens with zero attached hydrogens (tertiary/aromatic N) is 4. The summed E-state index contributed by atoms with van der Waals surface area (Å²) in [6, 6.07) is 11.7. The van der Waals surface area contributed by atoms with Gasteiger partial charge < -0.3 is 14.7 Å². The van der Waals surface area contributed by atoms with Crippen LogP contribution in [0, 0.1) is 11.6 Å². The largest absolute Gasteiger partial charge is 0.497 e. The van der Waals surface area contributed by atoms with E-state index in [0.29, 0.717) is 4.88 Å². The van der Waals surface area contributed by atoms with Crippen LogP contribution < -0.4 is 4.74 Å². The van der Waals surface area contributed by atoms with Gasteiger partial charge in [-0.25, -0.2) is 18.4 Å². The highest BCUT2D eigenvalue weighted by Crippen LogP contribution is 2.41. The molecule has 0 bridgehead atoms. The molecule has 2 aromatic heterocycles. The van der Waals surface area contributed by atoms with Crippen LogP contribution in [0.15, 0.2) is 61.2 Å². The minimum absolute atomic E-state index is 0.123. The molecule has 7 nitrogen and oxygen atoms in total. The standard InChI is InChI=1S/C25H22F2N4O3S/c1-15(25(33,12-30-14-28-13-29-30)20-7-6-18(26)10-21(20)27)31-11-17-9-22(35-23(17)24(31)32)16-4-3-5-19(8-16)34-2/h3-10,13-15,33H,11-12H2,1-2H3/t15-,25-/m1/s1. The van der Waals surface area contributed by atoms with E-state index in [1.807, 2.05) is 30.3 Å². The van der Waals surface area contributed by atoms with E-state index in [2.05, 4.69) is 10.1 Å². The summed E-state index contributed by atoms with van der Waals surface area (Å²) >= 11 is 1.36. The van der Waals surface area contributed by atoms with Crippen molar-refractivity contribution in [3.05, 3.63) is 88.8 Å². The van der Waals surface area contributed by atoms with Gasteiger partial charge in [0.05, 0.1) is 24.6 Å². The van der Waals surface area contributed by atoms with Gasteiger partial charge in [0.15, 0.2) is 0 Å². The number of benzene rings is 2. The highest BCUT2D eigenvalue weighted by Gasteiger charge is 2.46. The molecule has 3 heterocycles. The zero-order valence-electron chi connectivity index (χ0n) is 19.0. The number of aromatic nitrogens is 3. The Kier molecular flexibility index (Phi) is 5.86. The maximum Gasteiger partial charge on any atom is 0.264 e. The first-order chi connectivity index (χ1) is 16.8. The Balaban J connectivity index is 1.48. The number of rotatable bonds is 7. The van der Waals surface area contributed by atoms with Gasteiger partial charge >= 0.3 is 0 Å². The number of methoxy groups -OCH3 is 1. The van der Waals surface area contributed by atoms with Crippen LogP contribution in [-0.4, -0.2) is 43.8 Å². The van der Waals surface area contributed by atoms with E-state index in [1.54, 1.807) is 14.0 Å². The summed E-state index contributed by atoms with van der Waals surface area (Å²) in [5.74, 6) is -1.20. The molecule has 1 N–H and O–H groups in total. The molecule has 1 amide bonds. The van der Waals surface area contributed by atoms with Crippen LogP contribution in [0.25, 0.3) is 10.4 Å². The fourth-order valence-electron chi connectivity index (χ4n) is 4.45. The Morgan fingerprint density at radius 2 is 2.06 bits per heavy atom. The quantitative estimate of drug-likeness (QED) is 0.414. The molecular formula is C25H22F2N4O3S. The number of ether oxygens (including phenoxy) is 1. The van der Waals surface area contributed by atoms with Gasteiger partial charge in [0.25, 0.3) is 5.91 Å². The predicted octanol–water partition coefficient (Wildman–Crippen LogP) is 4.23. The van der Waals surface area contributed by atoms with Crippen molar-refractivity contribution < 1.29 is 23.4 Å². The average Bonchev–Trinajstić information content (AvgIpc) is 3.57. The van der Waals surface area contributed by atoms with Crippen molar-refractivity contribution >= 4 is 17.2 Å². The van der Waals surface area contributed by atoms with E-state index in [9.17, 15) is 18.7 Å². The van der Waals surface area contributed by atoms with Crippen LogP contribution in [-0.2, 0) is 18.7 Å². The first kappa shape index (κ1) is 23.1. The van der Waals surface area contributed by atoms with Gasteiger partial charge in [-0.3, -0.25) is 4.79 Å². The van der Waals surface area contributed by atoms with Crippen LogP contribution in [0.1, 0.15) is 27.7 Å². The lowest BCUT2D eigenvalue weighted by atomic mass is 9.85. The van der Waals surface area contributed by atoms with E-state index >= 15 is 0 Å². The SMILES string of the molecule is COc1cccc(-c2cc3c(s2)C(=O)N([C@H](C)[C@](O)(Cn2cncn2)c2ccc(F)cc2F)C3)c1. The van der Waals surface area contributed by atoms with E-state index in [1.165, 1.54) is 39.6 Å². The molecule has 0 aliphatic carbocycles. The molecule has 0 radical (unpaired) electrons. The van der Waals surface area contributed by atoms with E-state index in [0.717, 1.165) is 33.9 Å². The van der Waals surface area contributed by atoms with Gasteiger partial charge in [0, 0.05) is 23.1 Å². The normalized spacial score (nSPS) is 15.7. The molecule has 1 aliphatic heterocycles. The number of halogens is 2. The Morgan fingerprint density at radius 3 is 2.74 bits per heavy atom. The smallest absolute Gasteiger partial charge is 0.264 e. The zero-order valence-corrected chi connectivity index (χ0v) is 19.8. The second-order valence-electron chi connectivity index (χ2n) is 8.45. The first-order valence-electron chi connectivity index (χ1n) is 10.9. The molecule has 180 valence electrons. The summed E-state index contributed by atoms with van der Waals surface area (Å²) in [7, 11) is 1.60. The van der Waals surface area contributed by atoms with Crippen LogP contribution in [0.2, 0.25) is 0 Å². The molecule has 1 aliphatic rings. The number of amides is 1. The fourth-order valence-corrected chi connectivity index (χ4v) is 5.57. The minimum atomic E-state index is -1.90. The van der Waals surface area contributed by atoms with Crippen molar-refractivity contribution in [1.29, 1.82) is 0 Å². The van der Waals surface area contributed by atoms with Crippen molar-refractivity contribution in [2.45, 2.75) is 31.7 Å². The summed E-state index contributed by atoms with van der Waals surface area (Å²) in [6.07, 6.45) is 2.69. The molecule has 0 fully saturated rings. The lowest BCUT2D eigenvalue weighted by Crippen LogP contribution is -2.52. The van der Waals surface area contributed by atoms with Gasteiger partial charge in [0.2, 0.25) is 0 Å². The highest BCUT2D eigenvalue weighted by molar-refractivity contribution is 7.17. The third-order valence-electron chi connectivity index (χ3n) is 6.38. The number of aliphatic hydroxyl groups is 1. The number of thiophene rings is 1. The third-order valence-corrected chi connectivity index (χ3v) is 7.60. The Bertz CT molecular complexity index is 1390. The van der Waals surface area contributed by atoms with E-state index < -0.39 is 23.3 Å². The Labute approximate surface area is 204 Å². The molecular weight excluding hydrogens is 474 g/mol. The monoisotopic (exact) mass is 496 g/mol. The van der Waals surface area contributed by atoms with E-state index in [4.69, 9.17) is 4.74 Å². The van der Waals surface area contributed by atoms with Gasteiger partial charge in [-0.05, 0) is 42.3 Å². The van der Waals surface area contributed by atoms with Crippen molar-refractivity contribution in [3.63, 3.8) is 0 Å². The molecule has 5 rings (SSSR count). The molecule has 0 saturated carbocycles. The number of fused-ring (bicyclic) bond motifs is 1. The van der Waals surface area contributed by atoms with Gasteiger partial charge in [-0.1, -0.05) is 18.2 Å². The summed E-state index contributed by atoms with van der Waals surface area (Å²) in [5, 5.41) is 15.9. The van der Waals surface area contributed by atoms with Crippen LogP contribution in [0.4, 0.5) is 8.78 Å². The number of hydrogen-bond acceptors (Lipinski definition) is 6. The van der Waals surface area contributed by atoms with Crippen LogP contribution >= 0.6 is 11.3 Å². The van der Waals surface area contributed by atoms with Crippen molar-refractivity contribution in [1.82, 2.24) is 19.7 Å². The van der Waals surface area contributed by atoms with Gasteiger partial charge in [-0.15, -0.1) is 11.3 Å². The predicted molar refractivity (Wildman–Crippen MR) is 126 cm³/mol. The summed E-state index contributed by atoms with van der Waals surface area (Å²) in [4.78, 5) is 20.3. The molecule has 35 heavy (non-hydrogen) atoms. The van der Waals surface area contributed by atoms with Crippen molar-refractivity contribution in [3.8, 4) is 16.2 Å². The molecule has 0 unspecified atom stereocenters. The maximum atomic E-state index is 14.9. The highest BCUT2D eigenvalue weighted by atomic mass is 32.1. The summed E-state index contributed by atoms with van der Waals surface area (Å²) in [5.41, 5.74) is -0.258. The van der Waals surface area contributed by atoms with Crippen LogP contribution in [0.5, 0.6) is 5.75 Å². The van der Waals surface area contributed by atoms with Gasteiger partial charge in [0.1, 0.15) is 35.6 Å². The third kappa shape index (κ3) is 4.08. The molecule has 2 atom stereocenters. The average molecular weight is 497 g/mol. The fraction of sp³-hybridized carbons (Fsp3) is 0.240. The number of carbonyl (C=O) groups is 1. The molecule has 10 heteroatoms. The lowest BCUT2D eigenvalue weighted by molar-refractivity contribution is -0.0556. The van der Waals surface area contributed by atoms with Gasteiger partial charge in [-0.2, -0.15) is 5.10 Å². The first-order valence-corrected chi connectivity index (χ1v) is 11.7. The maximum absolute atomic E-state index is 14.9. The second-order valence-corrected chi connectivity index (χ2v) is 9.50.